The highest BCUT2D eigenvalue weighted by Gasteiger charge is 2.47. The number of carbonyl (C=O) groups is 1. The summed E-state index contributed by atoms with van der Waals surface area (Å²) in [6.45, 7) is 2.14. The third kappa shape index (κ3) is 4.56. The lowest BCUT2D eigenvalue weighted by Gasteiger charge is -2.33. The van der Waals surface area contributed by atoms with Crippen LogP contribution in [0.5, 0.6) is 0 Å². The monoisotopic (exact) mass is 553 g/mol. The molecule has 0 saturated heterocycles. The van der Waals surface area contributed by atoms with E-state index in [2.05, 4.69) is 28.7 Å². The van der Waals surface area contributed by atoms with Gasteiger partial charge in [0.1, 0.15) is 16.9 Å². The molecular weight excluding hydrogens is 534 g/mol. The minimum Gasteiger partial charge on any atom is -0.363 e. The van der Waals surface area contributed by atoms with E-state index in [1.165, 1.54) is 29.5 Å². The molecule has 2 N–H and O–H groups in total. The highest BCUT2D eigenvalue weighted by molar-refractivity contribution is 7.16. The van der Waals surface area contributed by atoms with Crippen LogP contribution >= 0.6 is 34.5 Å². The summed E-state index contributed by atoms with van der Waals surface area (Å²) in [5, 5.41) is 20.4. The summed E-state index contributed by atoms with van der Waals surface area (Å²) in [5.74, 6) is -0.126. The lowest BCUT2D eigenvalue weighted by molar-refractivity contribution is -0.173. The second-order valence-electron chi connectivity index (χ2n) is 9.14. The summed E-state index contributed by atoms with van der Waals surface area (Å²) in [7, 11) is 0. The first-order valence-corrected chi connectivity index (χ1v) is 12.9. The smallest absolute Gasteiger partial charge is 0.363 e. The van der Waals surface area contributed by atoms with Crippen LogP contribution in [0, 0.1) is 17.2 Å². The fourth-order valence-electron chi connectivity index (χ4n) is 4.76. The Hall–Kier alpha value is -2.74. The zero-order valence-electron chi connectivity index (χ0n) is 18.9. The SMILES string of the molecule is C[C@@H]1CCc2c(sc(NC(=O)c3cc4n(n3)[C@@H](C(F)(F)F)C[C@H](c3ccc(Cl)c(Cl)c3)N4)c2C#N)C1. The van der Waals surface area contributed by atoms with E-state index in [1.54, 1.807) is 6.07 Å². The first-order chi connectivity index (χ1) is 17.0. The number of anilines is 2. The number of nitrogens with one attached hydrogen (secondary N) is 2. The first kappa shape index (κ1) is 24.9. The maximum Gasteiger partial charge on any atom is 0.410 e. The Labute approximate surface area is 219 Å². The molecule has 5 rings (SSSR count). The number of hydrogen-bond donors (Lipinski definition) is 2. The molecule has 0 fully saturated rings. The predicted octanol–water partition coefficient (Wildman–Crippen LogP) is 7.16. The lowest BCUT2D eigenvalue weighted by Crippen LogP contribution is -2.35. The van der Waals surface area contributed by atoms with E-state index in [0.717, 1.165) is 34.4 Å². The molecule has 0 spiro atoms. The van der Waals surface area contributed by atoms with Gasteiger partial charge in [-0.1, -0.05) is 36.2 Å². The highest BCUT2D eigenvalue weighted by atomic mass is 35.5. The summed E-state index contributed by atoms with van der Waals surface area (Å²) in [5.41, 5.74) is 1.73. The quantitative estimate of drug-likeness (QED) is 0.360. The zero-order chi connectivity index (χ0) is 25.8. The number of thiophene rings is 1. The van der Waals surface area contributed by atoms with Crippen molar-refractivity contribution in [2.45, 2.75) is 50.9 Å². The number of halogens is 5. The van der Waals surface area contributed by atoms with Gasteiger partial charge in [0.05, 0.1) is 21.7 Å². The lowest BCUT2D eigenvalue weighted by atomic mass is 9.89. The van der Waals surface area contributed by atoms with Gasteiger partial charge < -0.3 is 10.6 Å². The number of alkyl halides is 3. The van der Waals surface area contributed by atoms with Gasteiger partial charge in [-0.25, -0.2) is 4.68 Å². The molecule has 2 aromatic heterocycles. The van der Waals surface area contributed by atoms with Crippen LogP contribution in [0.2, 0.25) is 10.0 Å². The summed E-state index contributed by atoms with van der Waals surface area (Å²) < 4.78 is 42.8. The molecule has 1 aliphatic heterocycles. The van der Waals surface area contributed by atoms with Gasteiger partial charge in [-0.3, -0.25) is 4.79 Å². The molecule has 0 radical (unpaired) electrons. The highest BCUT2D eigenvalue weighted by Crippen LogP contribution is 2.44. The summed E-state index contributed by atoms with van der Waals surface area (Å²) in [4.78, 5) is 14.1. The van der Waals surface area contributed by atoms with Crippen LogP contribution < -0.4 is 10.6 Å². The van der Waals surface area contributed by atoms with E-state index >= 15 is 0 Å². The van der Waals surface area contributed by atoms with E-state index in [1.807, 2.05) is 0 Å². The minimum atomic E-state index is -4.59. The molecule has 0 unspecified atom stereocenters. The molecule has 36 heavy (non-hydrogen) atoms. The van der Waals surface area contributed by atoms with Crippen molar-refractivity contribution >= 4 is 51.3 Å². The van der Waals surface area contributed by atoms with E-state index in [0.29, 0.717) is 27.1 Å². The molecule has 3 atom stereocenters. The van der Waals surface area contributed by atoms with Crippen LogP contribution in [0.1, 0.15) is 63.9 Å². The third-order valence-electron chi connectivity index (χ3n) is 6.62. The van der Waals surface area contributed by atoms with Crippen molar-refractivity contribution < 1.29 is 18.0 Å². The molecule has 12 heteroatoms. The number of nitriles is 1. The van der Waals surface area contributed by atoms with Crippen molar-refractivity contribution in [3.8, 4) is 6.07 Å². The van der Waals surface area contributed by atoms with E-state index in [9.17, 15) is 23.2 Å². The number of rotatable bonds is 3. The number of fused-ring (bicyclic) bond motifs is 2. The van der Waals surface area contributed by atoms with Crippen LogP contribution in [-0.2, 0) is 12.8 Å². The van der Waals surface area contributed by atoms with Crippen molar-refractivity contribution in [2.24, 2.45) is 5.92 Å². The van der Waals surface area contributed by atoms with Crippen molar-refractivity contribution in [3.05, 3.63) is 61.6 Å². The maximum atomic E-state index is 14.0. The molecule has 6 nitrogen and oxygen atoms in total. The number of benzene rings is 1. The Balaban J connectivity index is 1.45. The summed E-state index contributed by atoms with van der Waals surface area (Å²) in [6, 6.07) is 5.47. The average molecular weight is 554 g/mol. The molecule has 3 aromatic rings. The second kappa shape index (κ2) is 9.29. The van der Waals surface area contributed by atoms with Gasteiger partial charge in [0.25, 0.3) is 5.91 Å². The Kier molecular flexibility index (Phi) is 6.43. The molecule has 0 bridgehead atoms. The number of amides is 1. The normalized spacial score (nSPS) is 21.2. The number of hydrogen-bond acceptors (Lipinski definition) is 5. The molecular formula is C24H20Cl2F3N5OS. The molecule has 3 heterocycles. The second-order valence-corrected chi connectivity index (χ2v) is 11.1. The predicted molar refractivity (Wildman–Crippen MR) is 133 cm³/mol. The average Bonchev–Trinajstić information content (AvgIpc) is 3.39. The number of carbonyl (C=O) groups excluding carboxylic acids is 1. The fraction of sp³-hybridized carbons (Fsp3) is 0.375. The van der Waals surface area contributed by atoms with Gasteiger partial charge in [-0.15, -0.1) is 11.3 Å². The number of nitrogens with zero attached hydrogens (tertiary/aromatic N) is 3. The van der Waals surface area contributed by atoms with E-state index in [4.69, 9.17) is 23.2 Å². The van der Waals surface area contributed by atoms with Gasteiger partial charge in [0, 0.05) is 17.4 Å². The van der Waals surface area contributed by atoms with Crippen molar-refractivity contribution in [3.63, 3.8) is 0 Å². The maximum absolute atomic E-state index is 14.0. The Morgan fingerprint density at radius 2 is 2.08 bits per heavy atom. The van der Waals surface area contributed by atoms with Gasteiger partial charge in [0.2, 0.25) is 0 Å². The van der Waals surface area contributed by atoms with Crippen LogP contribution in [-0.4, -0.2) is 21.9 Å². The van der Waals surface area contributed by atoms with E-state index < -0.39 is 24.2 Å². The first-order valence-electron chi connectivity index (χ1n) is 11.3. The van der Waals surface area contributed by atoms with E-state index in [-0.39, 0.29) is 23.0 Å². The Bertz CT molecular complexity index is 1390. The summed E-state index contributed by atoms with van der Waals surface area (Å²) >= 11 is 13.4. The Morgan fingerprint density at radius 3 is 2.78 bits per heavy atom. The molecule has 1 amide bonds. The largest absolute Gasteiger partial charge is 0.410 e. The Morgan fingerprint density at radius 1 is 1.31 bits per heavy atom. The fourth-order valence-corrected chi connectivity index (χ4v) is 6.42. The molecule has 1 aromatic carbocycles. The molecule has 1 aliphatic carbocycles. The molecule has 0 saturated carbocycles. The molecule has 188 valence electrons. The minimum absolute atomic E-state index is 0.0598. The van der Waals surface area contributed by atoms with Gasteiger partial charge in [0.15, 0.2) is 11.7 Å². The van der Waals surface area contributed by atoms with Gasteiger partial charge >= 0.3 is 6.18 Å². The topological polar surface area (TPSA) is 82.7 Å². The van der Waals surface area contributed by atoms with Crippen molar-refractivity contribution in [1.29, 1.82) is 5.26 Å². The zero-order valence-corrected chi connectivity index (χ0v) is 21.2. The summed E-state index contributed by atoms with van der Waals surface area (Å²) in [6.07, 6.45) is -2.38. The van der Waals surface area contributed by atoms with Crippen molar-refractivity contribution in [1.82, 2.24) is 9.78 Å². The van der Waals surface area contributed by atoms with Crippen LogP contribution in [0.3, 0.4) is 0 Å². The van der Waals surface area contributed by atoms with Crippen LogP contribution in [0.25, 0.3) is 0 Å². The standard InChI is InChI=1S/C24H20Cl2F3N5OS/c1-11-2-4-13-14(10-30)23(36-19(13)6-11)32-22(35)18-9-21-31-17(12-3-5-15(25)16(26)7-12)8-20(24(27,28)29)34(21)33-18/h3,5,7,9,11,17,20,31H,2,4,6,8H2,1H3,(H,32,35)/t11-,17-,20-/m1/s1. The third-order valence-corrected chi connectivity index (χ3v) is 8.53. The van der Waals surface area contributed by atoms with Crippen molar-refractivity contribution in [2.75, 3.05) is 10.6 Å². The van der Waals surface area contributed by atoms with Gasteiger partial charge in [-0.2, -0.15) is 23.5 Å². The number of aromatic nitrogens is 2. The molecule has 2 aliphatic rings. The van der Waals surface area contributed by atoms with Gasteiger partial charge in [-0.05, 0) is 48.4 Å². The van der Waals surface area contributed by atoms with Crippen LogP contribution in [0.4, 0.5) is 24.0 Å². The van der Waals surface area contributed by atoms with Crippen LogP contribution in [0.15, 0.2) is 24.3 Å².